The predicted molar refractivity (Wildman–Crippen MR) is 82.0 cm³/mol. The molecule has 0 amide bonds. The van der Waals surface area contributed by atoms with E-state index in [0.29, 0.717) is 0 Å². The SMILES string of the molecule is Cc1ccc(SC(=O)c2c(C)cc(C)cc2C)cc1. The van der Waals surface area contributed by atoms with Crippen molar-refractivity contribution in [2.24, 2.45) is 0 Å². The van der Waals surface area contributed by atoms with Crippen LogP contribution in [0.25, 0.3) is 0 Å². The summed E-state index contributed by atoms with van der Waals surface area (Å²) in [5, 5.41) is 0.124. The lowest BCUT2D eigenvalue weighted by molar-refractivity contribution is 0.108. The van der Waals surface area contributed by atoms with Crippen LogP contribution in [-0.2, 0) is 0 Å². The summed E-state index contributed by atoms with van der Waals surface area (Å²) >= 11 is 1.30. The average Bonchev–Trinajstić information content (AvgIpc) is 2.30. The van der Waals surface area contributed by atoms with Crippen LogP contribution in [0.4, 0.5) is 0 Å². The van der Waals surface area contributed by atoms with Gasteiger partial charge in [0.2, 0.25) is 5.12 Å². The first-order chi connectivity index (χ1) is 8.97. The summed E-state index contributed by atoms with van der Waals surface area (Å²) in [5.74, 6) is 0. The normalized spacial score (nSPS) is 10.5. The number of aryl methyl sites for hydroxylation is 4. The van der Waals surface area contributed by atoms with Gasteiger partial charge in [0, 0.05) is 10.5 Å². The number of carbonyl (C=O) groups is 1. The summed E-state index contributed by atoms with van der Waals surface area (Å²) in [7, 11) is 0. The van der Waals surface area contributed by atoms with Crippen LogP contribution < -0.4 is 0 Å². The fourth-order valence-corrected chi connectivity index (χ4v) is 3.18. The number of carbonyl (C=O) groups excluding carboxylic acids is 1. The molecule has 0 aliphatic rings. The molecular formula is C17H18OS. The van der Waals surface area contributed by atoms with E-state index in [4.69, 9.17) is 0 Å². The Balaban J connectivity index is 2.28. The van der Waals surface area contributed by atoms with E-state index in [9.17, 15) is 4.79 Å². The molecule has 2 rings (SSSR count). The molecule has 98 valence electrons. The first kappa shape index (κ1) is 13.9. The Bertz CT molecular complexity index is 589. The van der Waals surface area contributed by atoms with E-state index in [-0.39, 0.29) is 5.12 Å². The van der Waals surface area contributed by atoms with Crippen LogP contribution in [0.2, 0.25) is 0 Å². The molecule has 2 aromatic carbocycles. The summed E-state index contributed by atoms with van der Waals surface area (Å²) in [4.78, 5) is 13.4. The molecule has 0 aliphatic carbocycles. The number of rotatable bonds is 2. The lowest BCUT2D eigenvalue weighted by Gasteiger charge is -2.10. The van der Waals surface area contributed by atoms with Gasteiger partial charge in [0.1, 0.15) is 0 Å². The Labute approximate surface area is 119 Å². The minimum atomic E-state index is 0.124. The predicted octanol–water partition coefficient (Wildman–Crippen LogP) is 4.85. The highest BCUT2D eigenvalue weighted by Gasteiger charge is 2.14. The smallest absolute Gasteiger partial charge is 0.224 e. The van der Waals surface area contributed by atoms with E-state index in [1.165, 1.54) is 22.9 Å². The van der Waals surface area contributed by atoms with Crippen LogP contribution in [0, 0.1) is 27.7 Å². The summed E-state index contributed by atoms with van der Waals surface area (Å²) in [5.41, 5.74) is 5.37. The second-order valence-corrected chi connectivity index (χ2v) is 6.02. The largest absolute Gasteiger partial charge is 0.281 e. The van der Waals surface area contributed by atoms with E-state index in [2.05, 4.69) is 19.1 Å². The molecule has 0 fully saturated rings. The Kier molecular flexibility index (Phi) is 4.11. The van der Waals surface area contributed by atoms with Gasteiger partial charge in [-0.1, -0.05) is 35.4 Å². The molecule has 0 radical (unpaired) electrons. The molecule has 2 heteroatoms. The first-order valence-corrected chi connectivity index (χ1v) is 7.15. The van der Waals surface area contributed by atoms with Crippen LogP contribution in [-0.4, -0.2) is 5.12 Å². The highest BCUT2D eigenvalue weighted by atomic mass is 32.2. The van der Waals surface area contributed by atoms with Crippen molar-refractivity contribution < 1.29 is 4.79 Å². The quantitative estimate of drug-likeness (QED) is 0.725. The van der Waals surface area contributed by atoms with Gasteiger partial charge in [0.25, 0.3) is 0 Å². The second-order valence-electron chi connectivity index (χ2n) is 4.98. The number of thioether (sulfide) groups is 1. The number of benzene rings is 2. The lowest BCUT2D eigenvalue weighted by atomic mass is 10.0. The van der Waals surface area contributed by atoms with Gasteiger partial charge in [-0.25, -0.2) is 0 Å². The first-order valence-electron chi connectivity index (χ1n) is 6.34. The van der Waals surface area contributed by atoms with Crippen molar-refractivity contribution in [3.05, 3.63) is 64.2 Å². The molecule has 0 bridgehead atoms. The van der Waals surface area contributed by atoms with Crippen LogP contribution in [0.15, 0.2) is 41.3 Å². The third-order valence-corrected chi connectivity index (χ3v) is 4.01. The zero-order chi connectivity index (χ0) is 14.0. The number of hydrogen-bond acceptors (Lipinski definition) is 2. The van der Waals surface area contributed by atoms with Gasteiger partial charge in [-0.05, 0) is 62.7 Å². The number of hydrogen-bond donors (Lipinski definition) is 0. The average molecular weight is 270 g/mol. The van der Waals surface area contributed by atoms with Crippen LogP contribution >= 0.6 is 11.8 Å². The fraction of sp³-hybridized carbons (Fsp3) is 0.235. The molecule has 0 aliphatic heterocycles. The van der Waals surface area contributed by atoms with Crippen molar-refractivity contribution in [3.63, 3.8) is 0 Å². The third kappa shape index (κ3) is 3.27. The fourth-order valence-electron chi connectivity index (χ4n) is 2.27. The summed E-state index contributed by atoms with van der Waals surface area (Å²) < 4.78 is 0. The van der Waals surface area contributed by atoms with Gasteiger partial charge < -0.3 is 0 Å². The lowest BCUT2D eigenvalue weighted by Crippen LogP contribution is -2.01. The van der Waals surface area contributed by atoms with Crippen molar-refractivity contribution in [1.29, 1.82) is 0 Å². The molecule has 2 aromatic rings. The van der Waals surface area contributed by atoms with E-state index in [1.807, 2.05) is 45.0 Å². The van der Waals surface area contributed by atoms with E-state index in [1.54, 1.807) is 0 Å². The summed E-state index contributed by atoms with van der Waals surface area (Å²) in [6.07, 6.45) is 0. The van der Waals surface area contributed by atoms with E-state index >= 15 is 0 Å². The Morgan fingerprint density at radius 3 is 1.89 bits per heavy atom. The maximum absolute atomic E-state index is 12.4. The van der Waals surface area contributed by atoms with Crippen molar-refractivity contribution in [2.45, 2.75) is 32.6 Å². The molecule has 0 unspecified atom stereocenters. The monoisotopic (exact) mass is 270 g/mol. The molecule has 0 saturated heterocycles. The molecule has 1 nitrogen and oxygen atoms in total. The van der Waals surface area contributed by atoms with Crippen molar-refractivity contribution in [2.75, 3.05) is 0 Å². The molecule has 0 spiro atoms. The minimum absolute atomic E-state index is 0.124. The topological polar surface area (TPSA) is 17.1 Å². The van der Waals surface area contributed by atoms with Crippen LogP contribution in [0.5, 0.6) is 0 Å². The van der Waals surface area contributed by atoms with Crippen LogP contribution in [0.3, 0.4) is 0 Å². The highest BCUT2D eigenvalue weighted by molar-refractivity contribution is 8.14. The Hall–Kier alpha value is -1.54. The molecule has 19 heavy (non-hydrogen) atoms. The standard InChI is InChI=1S/C17H18OS/c1-11-5-7-15(8-6-11)19-17(18)16-13(3)9-12(2)10-14(16)4/h5-10H,1-4H3. The van der Waals surface area contributed by atoms with Gasteiger partial charge >= 0.3 is 0 Å². The van der Waals surface area contributed by atoms with Gasteiger partial charge in [0.05, 0.1) is 0 Å². The zero-order valence-corrected chi connectivity index (χ0v) is 12.6. The van der Waals surface area contributed by atoms with Crippen molar-refractivity contribution >= 4 is 16.9 Å². The Morgan fingerprint density at radius 1 is 0.842 bits per heavy atom. The van der Waals surface area contributed by atoms with Crippen molar-refractivity contribution in [3.8, 4) is 0 Å². The maximum Gasteiger partial charge on any atom is 0.224 e. The van der Waals surface area contributed by atoms with Gasteiger partial charge in [-0.2, -0.15) is 0 Å². The molecule has 0 N–H and O–H groups in total. The van der Waals surface area contributed by atoms with E-state index < -0.39 is 0 Å². The van der Waals surface area contributed by atoms with Gasteiger partial charge in [-0.3, -0.25) is 4.79 Å². The van der Waals surface area contributed by atoms with E-state index in [0.717, 1.165) is 21.6 Å². The maximum atomic E-state index is 12.4. The van der Waals surface area contributed by atoms with Gasteiger partial charge in [0.15, 0.2) is 0 Å². The molecule has 0 atom stereocenters. The van der Waals surface area contributed by atoms with Crippen LogP contribution in [0.1, 0.15) is 32.6 Å². The highest BCUT2D eigenvalue weighted by Crippen LogP contribution is 2.27. The molecule has 0 saturated carbocycles. The zero-order valence-electron chi connectivity index (χ0n) is 11.8. The molecule has 0 heterocycles. The molecule has 0 aromatic heterocycles. The summed E-state index contributed by atoms with van der Waals surface area (Å²) in [6.45, 7) is 8.11. The second kappa shape index (κ2) is 5.62. The Morgan fingerprint density at radius 2 is 1.37 bits per heavy atom. The minimum Gasteiger partial charge on any atom is -0.281 e. The molecular weight excluding hydrogens is 252 g/mol. The van der Waals surface area contributed by atoms with Crippen molar-refractivity contribution in [1.82, 2.24) is 0 Å². The third-order valence-electron chi connectivity index (χ3n) is 3.11. The van der Waals surface area contributed by atoms with Gasteiger partial charge in [-0.15, -0.1) is 0 Å². The summed E-state index contributed by atoms with van der Waals surface area (Å²) in [6, 6.07) is 12.2.